The van der Waals surface area contributed by atoms with Crippen LogP contribution in [0, 0.1) is 6.92 Å². The van der Waals surface area contributed by atoms with Crippen LogP contribution in [0.15, 0.2) is 60.7 Å². The quantitative estimate of drug-likeness (QED) is 0.368. The molecule has 0 saturated carbocycles. The van der Waals surface area contributed by atoms with Crippen LogP contribution in [-0.4, -0.2) is 42.0 Å². The van der Waals surface area contributed by atoms with Gasteiger partial charge in [-0.3, -0.25) is 4.79 Å². The predicted octanol–water partition coefficient (Wildman–Crippen LogP) is 5.07. The van der Waals surface area contributed by atoms with E-state index in [4.69, 9.17) is 14.5 Å². The van der Waals surface area contributed by atoms with Gasteiger partial charge in [0, 0.05) is 32.8 Å². The zero-order valence-corrected chi connectivity index (χ0v) is 21.0. The molecule has 0 radical (unpaired) electrons. The van der Waals surface area contributed by atoms with E-state index in [0.29, 0.717) is 19.6 Å². The van der Waals surface area contributed by atoms with Crippen LogP contribution in [0.3, 0.4) is 0 Å². The minimum absolute atomic E-state index is 0.0265. The third-order valence-electron chi connectivity index (χ3n) is 6.13. The van der Waals surface area contributed by atoms with Crippen molar-refractivity contribution in [1.82, 2.24) is 14.9 Å². The Bertz CT molecular complexity index is 1250. The number of aromatic amines is 1. The number of benzene rings is 2. The van der Waals surface area contributed by atoms with Crippen LogP contribution in [-0.2, 0) is 24.4 Å². The maximum atomic E-state index is 11.7. The highest BCUT2D eigenvalue weighted by Crippen LogP contribution is 2.27. The molecule has 0 unspecified atom stereocenters. The summed E-state index contributed by atoms with van der Waals surface area (Å²) in [6, 6.07) is 20.4. The van der Waals surface area contributed by atoms with E-state index in [2.05, 4.69) is 47.1 Å². The number of hydrogen-bond donors (Lipinski definition) is 1. The first-order valence-electron chi connectivity index (χ1n) is 11.6. The van der Waals surface area contributed by atoms with Crippen molar-refractivity contribution in [3.63, 3.8) is 0 Å². The van der Waals surface area contributed by atoms with Gasteiger partial charge in [0.2, 0.25) is 5.91 Å². The van der Waals surface area contributed by atoms with Crippen LogP contribution < -0.4 is 14.4 Å². The van der Waals surface area contributed by atoms with Gasteiger partial charge in [0.25, 0.3) is 0 Å². The van der Waals surface area contributed by atoms with Crippen LogP contribution in [0.5, 0.6) is 11.5 Å². The van der Waals surface area contributed by atoms with Crippen molar-refractivity contribution in [2.45, 2.75) is 33.5 Å². The third-order valence-corrected chi connectivity index (χ3v) is 6.13. The van der Waals surface area contributed by atoms with Gasteiger partial charge >= 0.3 is 0 Å². The zero-order chi connectivity index (χ0) is 24.9. The number of pyridine rings is 1. The summed E-state index contributed by atoms with van der Waals surface area (Å²) in [6.07, 6.45) is 0. The molecule has 0 bridgehead atoms. The Hall–Kier alpha value is -4.00. The molecule has 2 heterocycles. The number of hydrogen-bond acceptors (Lipinski definition) is 5. The Labute approximate surface area is 206 Å². The second-order valence-electron chi connectivity index (χ2n) is 8.78. The molecule has 0 saturated heterocycles. The summed E-state index contributed by atoms with van der Waals surface area (Å²) < 4.78 is 10.6. The largest absolute Gasteiger partial charge is 0.497 e. The van der Waals surface area contributed by atoms with E-state index in [1.165, 1.54) is 11.1 Å². The number of aromatic nitrogens is 2. The fourth-order valence-corrected chi connectivity index (χ4v) is 4.08. The molecule has 2 aromatic heterocycles. The lowest BCUT2D eigenvalue weighted by molar-refractivity contribution is -0.128. The van der Waals surface area contributed by atoms with Crippen molar-refractivity contribution >= 4 is 22.8 Å². The molecule has 0 aliphatic rings. The number of nitrogens with one attached hydrogen (secondary N) is 1. The number of fused-ring (bicyclic) bond motifs is 1. The van der Waals surface area contributed by atoms with E-state index in [-0.39, 0.29) is 5.91 Å². The Kier molecular flexibility index (Phi) is 7.25. The van der Waals surface area contributed by atoms with Gasteiger partial charge in [-0.1, -0.05) is 24.3 Å². The number of rotatable bonds is 9. The molecule has 7 heteroatoms. The molecule has 2 aromatic carbocycles. The maximum Gasteiger partial charge on any atom is 0.219 e. The molecule has 35 heavy (non-hydrogen) atoms. The Morgan fingerprint density at radius 3 is 1.91 bits per heavy atom. The predicted molar refractivity (Wildman–Crippen MR) is 139 cm³/mol. The van der Waals surface area contributed by atoms with Gasteiger partial charge in [-0.25, -0.2) is 4.98 Å². The number of amides is 1. The monoisotopic (exact) mass is 472 g/mol. The SMILES string of the molecule is COc1ccc(CN(Cc2ccc(OC)cc2)c2nc3cc(CN(C)C(C)=O)[nH]c3cc2C)cc1. The first-order valence-corrected chi connectivity index (χ1v) is 11.6. The van der Waals surface area contributed by atoms with Gasteiger partial charge in [-0.2, -0.15) is 0 Å². The number of aryl methyl sites for hydroxylation is 1. The Balaban J connectivity index is 1.68. The van der Waals surface area contributed by atoms with E-state index in [1.54, 1.807) is 33.1 Å². The summed E-state index contributed by atoms with van der Waals surface area (Å²) in [5.74, 6) is 2.62. The summed E-state index contributed by atoms with van der Waals surface area (Å²) in [4.78, 5) is 24.1. The van der Waals surface area contributed by atoms with E-state index < -0.39 is 0 Å². The van der Waals surface area contributed by atoms with Crippen LogP contribution in [0.2, 0.25) is 0 Å². The van der Waals surface area contributed by atoms with Gasteiger partial charge in [0.15, 0.2) is 0 Å². The smallest absolute Gasteiger partial charge is 0.219 e. The number of carbonyl (C=O) groups excluding carboxylic acids is 1. The number of nitrogens with zero attached hydrogens (tertiary/aromatic N) is 3. The molecule has 7 nitrogen and oxygen atoms in total. The van der Waals surface area contributed by atoms with E-state index in [1.807, 2.05) is 30.3 Å². The highest BCUT2D eigenvalue weighted by atomic mass is 16.5. The van der Waals surface area contributed by atoms with Crippen LogP contribution in [0.1, 0.15) is 29.3 Å². The minimum Gasteiger partial charge on any atom is -0.497 e. The zero-order valence-electron chi connectivity index (χ0n) is 21.0. The molecule has 0 spiro atoms. The molecular weight excluding hydrogens is 440 g/mol. The molecule has 0 atom stereocenters. The first-order chi connectivity index (χ1) is 16.9. The normalized spacial score (nSPS) is 10.9. The third kappa shape index (κ3) is 5.74. The van der Waals surface area contributed by atoms with Gasteiger partial charge < -0.3 is 24.3 Å². The standard InChI is InChI=1S/C28H32N4O3/c1-19-14-26-27(15-23(29-26)18-31(3)20(2)33)30-28(19)32(16-21-6-10-24(34-4)11-7-21)17-22-8-12-25(35-5)13-9-22/h6-15,29H,16-18H2,1-5H3. The van der Waals surface area contributed by atoms with E-state index in [9.17, 15) is 4.79 Å². The maximum absolute atomic E-state index is 11.7. The van der Waals surface area contributed by atoms with Crippen LogP contribution in [0.4, 0.5) is 5.82 Å². The second kappa shape index (κ2) is 10.5. The van der Waals surface area contributed by atoms with Gasteiger partial charge in [0.05, 0.1) is 31.8 Å². The molecule has 4 rings (SSSR count). The van der Waals surface area contributed by atoms with Crippen molar-refractivity contribution < 1.29 is 14.3 Å². The number of ether oxygens (including phenoxy) is 2. The van der Waals surface area contributed by atoms with E-state index in [0.717, 1.165) is 39.6 Å². The minimum atomic E-state index is 0.0265. The molecule has 1 N–H and O–H groups in total. The average Bonchev–Trinajstić information content (AvgIpc) is 3.24. The van der Waals surface area contributed by atoms with Crippen LogP contribution in [0.25, 0.3) is 11.0 Å². The second-order valence-corrected chi connectivity index (χ2v) is 8.78. The van der Waals surface area contributed by atoms with Gasteiger partial charge in [-0.05, 0) is 60.0 Å². The summed E-state index contributed by atoms with van der Waals surface area (Å²) in [5.41, 5.74) is 6.21. The molecule has 1 amide bonds. The number of anilines is 1. The van der Waals surface area contributed by atoms with E-state index >= 15 is 0 Å². The van der Waals surface area contributed by atoms with Crippen molar-refractivity contribution in [3.8, 4) is 11.5 Å². The fraction of sp³-hybridized carbons (Fsp3) is 0.286. The topological polar surface area (TPSA) is 70.7 Å². The first kappa shape index (κ1) is 24.1. The number of H-pyrrole nitrogens is 1. The van der Waals surface area contributed by atoms with Crippen molar-refractivity contribution in [2.75, 3.05) is 26.2 Å². The summed E-state index contributed by atoms with van der Waals surface area (Å²) in [5, 5.41) is 0. The molecular formula is C28H32N4O3. The average molecular weight is 473 g/mol. The highest BCUT2D eigenvalue weighted by Gasteiger charge is 2.16. The summed E-state index contributed by atoms with van der Waals surface area (Å²) in [6.45, 7) is 5.55. The summed E-state index contributed by atoms with van der Waals surface area (Å²) >= 11 is 0. The lowest BCUT2D eigenvalue weighted by atomic mass is 10.1. The van der Waals surface area contributed by atoms with Crippen molar-refractivity contribution in [3.05, 3.63) is 83.0 Å². The lowest BCUT2D eigenvalue weighted by Crippen LogP contribution is -2.24. The highest BCUT2D eigenvalue weighted by molar-refractivity contribution is 5.80. The Morgan fingerprint density at radius 1 is 0.886 bits per heavy atom. The van der Waals surface area contributed by atoms with Crippen LogP contribution >= 0.6 is 0 Å². The molecule has 0 fully saturated rings. The number of carbonyl (C=O) groups is 1. The van der Waals surface area contributed by atoms with Gasteiger partial charge in [0.1, 0.15) is 17.3 Å². The van der Waals surface area contributed by atoms with Crippen molar-refractivity contribution in [1.29, 1.82) is 0 Å². The number of methoxy groups -OCH3 is 2. The molecule has 4 aromatic rings. The molecule has 0 aliphatic carbocycles. The molecule has 182 valence electrons. The van der Waals surface area contributed by atoms with Gasteiger partial charge in [-0.15, -0.1) is 0 Å². The summed E-state index contributed by atoms with van der Waals surface area (Å²) in [7, 11) is 5.14. The molecule has 0 aliphatic heterocycles. The van der Waals surface area contributed by atoms with Crippen molar-refractivity contribution in [2.24, 2.45) is 0 Å². The fourth-order valence-electron chi connectivity index (χ4n) is 4.08. The Morgan fingerprint density at radius 2 is 1.43 bits per heavy atom. The lowest BCUT2D eigenvalue weighted by Gasteiger charge is -2.26.